The molecule has 0 aliphatic carbocycles. The SMILES string of the molecule is CC(=O)c1cnc(N2CCN(C)CC2)[nH]1. The Morgan fingerprint density at radius 2 is 2.07 bits per heavy atom. The van der Waals surface area contributed by atoms with E-state index in [9.17, 15) is 4.79 Å². The van der Waals surface area contributed by atoms with E-state index < -0.39 is 0 Å². The number of aromatic amines is 1. The minimum absolute atomic E-state index is 0.0304. The van der Waals surface area contributed by atoms with Gasteiger partial charge in [-0.3, -0.25) is 4.79 Å². The number of imidazole rings is 1. The number of carbonyl (C=O) groups excluding carboxylic acids is 1. The molecule has 5 nitrogen and oxygen atoms in total. The lowest BCUT2D eigenvalue weighted by molar-refractivity contribution is 0.101. The van der Waals surface area contributed by atoms with Crippen LogP contribution >= 0.6 is 0 Å². The van der Waals surface area contributed by atoms with Crippen molar-refractivity contribution in [2.45, 2.75) is 6.92 Å². The first-order chi connectivity index (χ1) is 7.16. The van der Waals surface area contributed by atoms with Gasteiger partial charge < -0.3 is 14.8 Å². The van der Waals surface area contributed by atoms with Gasteiger partial charge in [0.05, 0.1) is 6.20 Å². The van der Waals surface area contributed by atoms with Gasteiger partial charge in [-0.1, -0.05) is 0 Å². The van der Waals surface area contributed by atoms with E-state index in [0.29, 0.717) is 5.69 Å². The van der Waals surface area contributed by atoms with Crippen molar-refractivity contribution in [3.8, 4) is 0 Å². The van der Waals surface area contributed by atoms with Crippen molar-refractivity contribution in [3.05, 3.63) is 11.9 Å². The van der Waals surface area contributed by atoms with E-state index in [2.05, 4.69) is 26.8 Å². The second-order valence-electron chi connectivity index (χ2n) is 3.97. The number of carbonyl (C=O) groups is 1. The van der Waals surface area contributed by atoms with E-state index in [4.69, 9.17) is 0 Å². The van der Waals surface area contributed by atoms with Crippen LogP contribution in [0.5, 0.6) is 0 Å². The number of hydrogen-bond acceptors (Lipinski definition) is 4. The number of likely N-dealkylation sites (N-methyl/N-ethyl adjacent to an activating group) is 1. The maximum absolute atomic E-state index is 11.1. The normalized spacial score (nSPS) is 18.1. The van der Waals surface area contributed by atoms with Crippen LogP contribution in [-0.2, 0) is 0 Å². The lowest BCUT2D eigenvalue weighted by atomic mass is 10.3. The Hall–Kier alpha value is -1.36. The van der Waals surface area contributed by atoms with Gasteiger partial charge in [-0.25, -0.2) is 4.98 Å². The number of rotatable bonds is 2. The Balaban J connectivity index is 2.06. The summed E-state index contributed by atoms with van der Waals surface area (Å²) in [6, 6.07) is 0. The molecule has 15 heavy (non-hydrogen) atoms. The molecule has 1 N–H and O–H groups in total. The third kappa shape index (κ3) is 2.18. The maximum Gasteiger partial charge on any atom is 0.203 e. The molecule has 0 aromatic carbocycles. The van der Waals surface area contributed by atoms with E-state index in [-0.39, 0.29) is 5.78 Å². The van der Waals surface area contributed by atoms with Crippen LogP contribution in [0.1, 0.15) is 17.4 Å². The van der Waals surface area contributed by atoms with Gasteiger partial charge in [-0.2, -0.15) is 0 Å². The molecule has 0 radical (unpaired) electrons. The Labute approximate surface area is 89.1 Å². The first kappa shape index (κ1) is 10.2. The van der Waals surface area contributed by atoms with E-state index in [1.54, 1.807) is 13.1 Å². The minimum atomic E-state index is 0.0304. The predicted molar refractivity (Wildman–Crippen MR) is 58.3 cm³/mol. The van der Waals surface area contributed by atoms with Crippen LogP contribution in [0, 0.1) is 0 Å². The third-order valence-corrected chi connectivity index (χ3v) is 2.74. The molecule has 1 saturated heterocycles. The van der Waals surface area contributed by atoms with Gasteiger partial charge in [0.1, 0.15) is 5.69 Å². The van der Waals surface area contributed by atoms with Crippen LogP contribution in [0.4, 0.5) is 5.95 Å². The molecule has 2 rings (SSSR count). The zero-order valence-corrected chi connectivity index (χ0v) is 9.16. The van der Waals surface area contributed by atoms with Crippen molar-refractivity contribution < 1.29 is 4.79 Å². The molecule has 1 aromatic heterocycles. The molecule has 0 atom stereocenters. The molecule has 1 aromatic rings. The van der Waals surface area contributed by atoms with Crippen molar-refractivity contribution in [1.82, 2.24) is 14.9 Å². The summed E-state index contributed by atoms with van der Waals surface area (Å²) in [6.07, 6.45) is 1.61. The van der Waals surface area contributed by atoms with Crippen molar-refractivity contribution >= 4 is 11.7 Å². The molecular weight excluding hydrogens is 192 g/mol. The van der Waals surface area contributed by atoms with Crippen LogP contribution < -0.4 is 4.90 Å². The number of nitrogens with one attached hydrogen (secondary N) is 1. The van der Waals surface area contributed by atoms with Crippen LogP contribution in [0.3, 0.4) is 0 Å². The van der Waals surface area contributed by atoms with E-state index in [1.165, 1.54) is 0 Å². The Morgan fingerprint density at radius 3 is 2.60 bits per heavy atom. The highest BCUT2D eigenvalue weighted by Crippen LogP contribution is 2.11. The van der Waals surface area contributed by atoms with Crippen LogP contribution in [-0.4, -0.2) is 53.9 Å². The first-order valence-electron chi connectivity index (χ1n) is 5.16. The number of aromatic nitrogens is 2. The molecule has 0 spiro atoms. The zero-order valence-electron chi connectivity index (χ0n) is 9.16. The highest BCUT2D eigenvalue weighted by Gasteiger charge is 2.17. The molecule has 2 heterocycles. The highest BCUT2D eigenvalue weighted by molar-refractivity contribution is 5.92. The zero-order chi connectivity index (χ0) is 10.8. The second-order valence-corrected chi connectivity index (χ2v) is 3.97. The summed E-state index contributed by atoms with van der Waals surface area (Å²) in [4.78, 5) is 22.8. The number of anilines is 1. The summed E-state index contributed by atoms with van der Waals surface area (Å²) >= 11 is 0. The number of piperazine rings is 1. The summed E-state index contributed by atoms with van der Waals surface area (Å²) in [7, 11) is 2.11. The third-order valence-electron chi connectivity index (χ3n) is 2.74. The van der Waals surface area contributed by atoms with Crippen LogP contribution in [0.2, 0.25) is 0 Å². The van der Waals surface area contributed by atoms with Gasteiger partial charge in [-0.05, 0) is 7.05 Å². The minimum Gasteiger partial charge on any atom is -0.340 e. The maximum atomic E-state index is 11.1. The predicted octanol–water partition coefficient (Wildman–Crippen LogP) is 0.364. The average molecular weight is 208 g/mol. The molecule has 1 aliphatic heterocycles. The average Bonchev–Trinajstić information content (AvgIpc) is 2.68. The topological polar surface area (TPSA) is 52.2 Å². The Morgan fingerprint density at radius 1 is 1.40 bits per heavy atom. The van der Waals surface area contributed by atoms with Crippen molar-refractivity contribution in [2.24, 2.45) is 0 Å². The fraction of sp³-hybridized carbons (Fsp3) is 0.600. The number of H-pyrrole nitrogens is 1. The standard InChI is InChI=1S/C10H16N4O/c1-8(15)9-7-11-10(12-9)14-5-3-13(2)4-6-14/h7H,3-6H2,1-2H3,(H,11,12). The largest absolute Gasteiger partial charge is 0.340 e. The summed E-state index contributed by atoms with van der Waals surface area (Å²) in [6.45, 7) is 5.54. The quantitative estimate of drug-likeness (QED) is 0.713. The molecule has 0 saturated carbocycles. The Bertz CT molecular complexity index is 352. The van der Waals surface area contributed by atoms with E-state index >= 15 is 0 Å². The summed E-state index contributed by atoms with van der Waals surface area (Å²) in [5.74, 6) is 0.844. The van der Waals surface area contributed by atoms with Gasteiger partial charge in [0.25, 0.3) is 0 Å². The fourth-order valence-corrected chi connectivity index (χ4v) is 1.67. The first-order valence-corrected chi connectivity index (χ1v) is 5.16. The Kier molecular flexibility index (Phi) is 2.73. The van der Waals surface area contributed by atoms with Crippen LogP contribution in [0.25, 0.3) is 0 Å². The summed E-state index contributed by atoms with van der Waals surface area (Å²) in [5.41, 5.74) is 0.587. The van der Waals surface area contributed by atoms with Gasteiger partial charge in [0.2, 0.25) is 5.95 Å². The molecule has 0 bridgehead atoms. The molecule has 0 unspecified atom stereocenters. The molecule has 1 aliphatic rings. The van der Waals surface area contributed by atoms with Gasteiger partial charge in [0, 0.05) is 33.1 Å². The van der Waals surface area contributed by atoms with Gasteiger partial charge in [0.15, 0.2) is 5.78 Å². The second kappa shape index (κ2) is 4.02. The summed E-state index contributed by atoms with van der Waals surface area (Å²) in [5, 5.41) is 0. The highest BCUT2D eigenvalue weighted by atomic mass is 16.1. The van der Waals surface area contributed by atoms with Gasteiger partial charge in [-0.15, -0.1) is 0 Å². The molecule has 82 valence electrons. The monoisotopic (exact) mass is 208 g/mol. The van der Waals surface area contributed by atoms with Crippen LogP contribution in [0.15, 0.2) is 6.20 Å². The van der Waals surface area contributed by atoms with E-state index in [0.717, 1.165) is 32.1 Å². The number of ketones is 1. The van der Waals surface area contributed by atoms with Crippen molar-refractivity contribution in [2.75, 3.05) is 38.1 Å². The lowest BCUT2D eigenvalue weighted by Crippen LogP contribution is -2.44. The number of hydrogen-bond donors (Lipinski definition) is 1. The fourth-order valence-electron chi connectivity index (χ4n) is 1.67. The smallest absolute Gasteiger partial charge is 0.203 e. The van der Waals surface area contributed by atoms with Crippen molar-refractivity contribution in [1.29, 1.82) is 0 Å². The number of Topliss-reactive ketones (excluding diaryl/α,β-unsaturated/α-hetero) is 1. The number of nitrogens with zero attached hydrogens (tertiary/aromatic N) is 3. The van der Waals surface area contributed by atoms with Gasteiger partial charge >= 0.3 is 0 Å². The molecule has 5 heteroatoms. The molecule has 1 fully saturated rings. The lowest BCUT2D eigenvalue weighted by Gasteiger charge is -2.32. The van der Waals surface area contributed by atoms with Crippen molar-refractivity contribution in [3.63, 3.8) is 0 Å². The summed E-state index contributed by atoms with van der Waals surface area (Å²) < 4.78 is 0. The van der Waals surface area contributed by atoms with E-state index in [1.807, 2.05) is 0 Å². The molecule has 0 amide bonds. The molecular formula is C10H16N4O.